The Labute approximate surface area is 106 Å². The van der Waals surface area contributed by atoms with Crippen LogP contribution >= 0.6 is 11.6 Å². The van der Waals surface area contributed by atoms with Crippen molar-refractivity contribution in [1.29, 1.82) is 0 Å². The molecule has 1 aromatic rings. The van der Waals surface area contributed by atoms with Crippen molar-refractivity contribution in [2.75, 3.05) is 18.8 Å². The van der Waals surface area contributed by atoms with Crippen LogP contribution in [-0.2, 0) is 0 Å². The van der Waals surface area contributed by atoms with Gasteiger partial charge in [-0.25, -0.2) is 0 Å². The lowest BCUT2D eigenvalue weighted by Gasteiger charge is -2.20. The Morgan fingerprint density at radius 2 is 1.94 bits per heavy atom. The average molecular weight is 251 g/mol. The molecule has 0 aliphatic carbocycles. The second kappa shape index (κ2) is 6.11. The number of nitrogens with zero attached hydrogens (tertiary/aromatic N) is 1. The summed E-state index contributed by atoms with van der Waals surface area (Å²) in [6.07, 6.45) is 3.31. The summed E-state index contributed by atoms with van der Waals surface area (Å²) >= 11 is 5.85. The van der Waals surface area contributed by atoms with Gasteiger partial charge in [-0.2, -0.15) is 0 Å². The van der Waals surface area contributed by atoms with E-state index >= 15 is 0 Å². The monoisotopic (exact) mass is 250 g/mol. The molecule has 1 rings (SSSR count). The predicted octanol–water partition coefficient (Wildman–Crippen LogP) is 2.74. The molecule has 0 atom stereocenters. The van der Waals surface area contributed by atoms with Gasteiger partial charge in [0.25, 0.3) is 5.91 Å². The third kappa shape index (κ3) is 3.36. The molecule has 1 aromatic carbocycles. The fraction of sp³-hybridized carbons (Fsp3) is 0.154. The normalized spacial score (nSPS) is 9.71. The van der Waals surface area contributed by atoms with Gasteiger partial charge in [0.05, 0.1) is 5.56 Å². The quantitative estimate of drug-likeness (QED) is 0.645. The van der Waals surface area contributed by atoms with Crippen LogP contribution < -0.4 is 5.73 Å². The van der Waals surface area contributed by atoms with E-state index in [2.05, 4.69) is 13.2 Å². The molecule has 3 nitrogen and oxygen atoms in total. The number of carbonyl (C=O) groups excluding carboxylic acids is 1. The SMILES string of the molecule is C=CCN(CC=C)C(=O)c1cc(Cl)ccc1N. The van der Waals surface area contributed by atoms with E-state index in [0.717, 1.165) is 0 Å². The molecule has 0 radical (unpaired) electrons. The van der Waals surface area contributed by atoms with Gasteiger partial charge in [0, 0.05) is 23.8 Å². The number of hydrogen-bond acceptors (Lipinski definition) is 2. The van der Waals surface area contributed by atoms with Crippen LogP contribution in [0, 0.1) is 0 Å². The van der Waals surface area contributed by atoms with Crippen LogP contribution in [0.2, 0.25) is 5.02 Å². The van der Waals surface area contributed by atoms with Crippen LogP contribution in [0.1, 0.15) is 10.4 Å². The number of benzene rings is 1. The number of hydrogen-bond donors (Lipinski definition) is 1. The Morgan fingerprint density at radius 3 is 2.47 bits per heavy atom. The Kier molecular flexibility index (Phi) is 4.79. The van der Waals surface area contributed by atoms with Crippen molar-refractivity contribution in [1.82, 2.24) is 4.90 Å². The summed E-state index contributed by atoms with van der Waals surface area (Å²) in [6, 6.07) is 4.84. The molecule has 0 aromatic heterocycles. The third-order valence-electron chi connectivity index (χ3n) is 2.23. The maximum absolute atomic E-state index is 12.2. The van der Waals surface area contributed by atoms with E-state index in [-0.39, 0.29) is 5.91 Å². The summed E-state index contributed by atoms with van der Waals surface area (Å²) in [5.41, 5.74) is 6.58. The second-order valence-corrected chi connectivity index (χ2v) is 3.96. The molecular formula is C13H15ClN2O. The molecule has 0 aliphatic heterocycles. The Morgan fingerprint density at radius 1 is 1.35 bits per heavy atom. The number of carbonyl (C=O) groups is 1. The van der Waals surface area contributed by atoms with Gasteiger partial charge in [-0.05, 0) is 18.2 Å². The van der Waals surface area contributed by atoms with Crippen molar-refractivity contribution < 1.29 is 4.79 Å². The summed E-state index contributed by atoms with van der Waals surface area (Å²) in [7, 11) is 0. The molecule has 0 fully saturated rings. The van der Waals surface area contributed by atoms with Crippen LogP contribution in [0.3, 0.4) is 0 Å². The highest BCUT2D eigenvalue weighted by Crippen LogP contribution is 2.19. The van der Waals surface area contributed by atoms with Crippen LogP contribution in [0.4, 0.5) is 5.69 Å². The van der Waals surface area contributed by atoms with Crippen molar-refractivity contribution >= 4 is 23.2 Å². The highest BCUT2D eigenvalue weighted by molar-refractivity contribution is 6.31. The van der Waals surface area contributed by atoms with Gasteiger partial charge in [0.2, 0.25) is 0 Å². The smallest absolute Gasteiger partial charge is 0.256 e. The summed E-state index contributed by atoms with van der Waals surface area (Å²) in [6.45, 7) is 8.11. The lowest BCUT2D eigenvalue weighted by molar-refractivity contribution is 0.0792. The van der Waals surface area contributed by atoms with Gasteiger partial charge in [-0.3, -0.25) is 4.79 Å². The van der Waals surface area contributed by atoms with E-state index in [9.17, 15) is 4.79 Å². The zero-order valence-electron chi connectivity index (χ0n) is 9.53. The van der Waals surface area contributed by atoms with Crippen LogP contribution in [-0.4, -0.2) is 23.9 Å². The molecule has 0 heterocycles. The van der Waals surface area contributed by atoms with Crippen molar-refractivity contribution in [3.63, 3.8) is 0 Å². The number of amides is 1. The number of nitrogen functional groups attached to an aromatic ring is 1. The molecule has 90 valence electrons. The molecular weight excluding hydrogens is 236 g/mol. The van der Waals surface area contributed by atoms with Crippen LogP contribution in [0.25, 0.3) is 0 Å². The minimum absolute atomic E-state index is 0.176. The summed E-state index contributed by atoms with van der Waals surface area (Å²) in [5, 5.41) is 0.486. The first-order valence-corrected chi connectivity index (χ1v) is 5.54. The first-order chi connectivity index (χ1) is 8.10. The van der Waals surface area contributed by atoms with E-state index in [4.69, 9.17) is 17.3 Å². The molecule has 0 aliphatic rings. The minimum Gasteiger partial charge on any atom is -0.398 e. The first kappa shape index (κ1) is 13.3. The largest absolute Gasteiger partial charge is 0.398 e. The topological polar surface area (TPSA) is 46.3 Å². The van der Waals surface area contributed by atoms with Crippen molar-refractivity contribution in [3.05, 3.63) is 54.1 Å². The molecule has 0 saturated carbocycles. The molecule has 0 saturated heterocycles. The molecule has 0 bridgehead atoms. The fourth-order valence-corrected chi connectivity index (χ4v) is 1.61. The zero-order valence-corrected chi connectivity index (χ0v) is 10.3. The second-order valence-electron chi connectivity index (χ2n) is 3.52. The zero-order chi connectivity index (χ0) is 12.8. The Balaban J connectivity index is 3.03. The molecule has 17 heavy (non-hydrogen) atoms. The molecule has 4 heteroatoms. The van der Waals surface area contributed by atoms with Crippen molar-refractivity contribution in [2.45, 2.75) is 0 Å². The summed E-state index contributed by atoms with van der Waals surface area (Å²) < 4.78 is 0. The van der Waals surface area contributed by atoms with Gasteiger partial charge >= 0.3 is 0 Å². The van der Waals surface area contributed by atoms with Gasteiger partial charge in [0.1, 0.15) is 0 Å². The van der Waals surface area contributed by atoms with E-state index in [1.54, 1.807) is 35.3 Å². The first-order valence-electron chi connectivity index (χ1n) is 5.16. The summed E-state index contributed by atoms with van der Waals surface area (Å²) in [5.74, 6) is -0.176. The predicted molar refractivity (Wildman–Crippen MR) is 72.2 cm³/mol. The maximum atomic E-state index is 12.2. The van der Waals surface area contributed by atoms with Crippen LogP contribution in [0.5, 0.6) is 0 Å². The lowest BCUT2D eigenvalue weighted by Crippen LogP contribution is -2.31. The lowest BCUT2D eigenvalue weighted by atomic mass is 10.1. The fourth-order valence-electron chi connectivity index (χ4n) is 1.44. The number of nitrogens with two attached hydrogens (primary N) is 1. The highest BCUT2D eigenvalue weighted by Gasteiger charge is 2.16. The molecule has 0 spiro atoms. The van der Waals surface area contributed by atoms with E-state index < -0.39 is 0 Å². The van der Waals surface area contributed by atoms with Gasteiger partial charge in [-0.15, -0.1) is 13.2 Å². The molecule has 0 unspecified atom stereocenters. The molecule has 1 amide bonds. The molecule has 2 N–H and O–H groups in total. The number of rotatable bonds is 5. The summed E-state index contributed by atoms with van der Waals surface area (Å²) in [4.78, 5) is 13.8. The average Bonchev–Trinajstić information content (AvgIpc) is 2.31. The number of halogens is 1. The standard InChI is InChI=1S/C13H15ClN2O/c1-3-7-16(8-4-2)13(17)11-9-10(14)5-6-12(11)15/h3-6,9H,1-2,7-8,15H2. The Bertz CT molecular complexity index is 433. The Hall–Kier alpha value is -1.74. The van der Waals surface area contributed by atoms with E-state index in [1.165, 1.54) is 0 Å². The van der Waals surface area contributed by atoms with Gasteiger partial charge < -0.3 is 10.6 Å². The number of anilines is 1. The van der Waals surface area contributed by atoms with Crippen molar-refractivity contribution in [3.8, 4) is 0 Å². The minimum atomic E-state index is -0.176. The maximum Gasteiger partial charge on any atom is 0.256 e. The van der Waals surface area contributed by atoms with E-state index in [1.807, 2.05) is 0 Å². The van der Waals surface area contributed by atoms with Crippen molar-refractivity contribution in [2.24, 2.45) is 0 Å². The van der Waals surface area contributed by atoms with Gasteiger partial charge in [-0.1, -0.05) is 23.8 Å². The van der Waals surface area contributed by atoms with Crippen LogP contribution in [0.15, 0.2) is 43.5 Å². The van der Waals surface area contributed by atoms with E-state index in [0.29, 0.717) is 29.4 Å². The van der Waals surface area contributed by atoms with Gasteiger partial charge in [0.15, 0.2) is 0 Å². The highest BCUT2D eigenvalue weighted by atomic mass is 35.5. The third-order valence-corrected chi connectivity index (χ3v) is 2.47.